The quantitative estimate of drug-likeness (QED) is 0.314. The van der Waals surface area contributed by atoms with Gasteiger partial charge < -0.3 is 25.4 Å². The molecule has 11 heteroatoms. The summed E-state index contributed by atoms with van der Waals surface area (Å²) in [7, 11) is 2.00. The summed E-state index contributed by atoms with van der Waals surface area (Å²) in [5.74, 6) is -1.46. The number of pyridine rings is 1. The number of benzene rings is 2. The number of aromatic nitrogens is 1. The molecule has 1 aliphatic carbocycles. The second-order valence-electron chi connectivity index (χ2n) is 11.1. The number of H-pyrrole nitrogens is 1. The van der Waals surface area contributed by atoms with Gasteiger partial charge in [-0.05, 0) is 49.2 Å². The van der Waals surface area contributed by atoms with E-state index in [1.807, 2.05) is 18.0 Å². The molecule has 7 nitrogen and oxygen atoms in total. The third kappa shape index (κ3) is 7.01. The number of nitrogens with zero attached hydrogens (tertiary/aromatic N) is 2. The molecule has 1 saturated heterocycles. The minimum Gasteiger partial charge on any atom is -0.367 e. The van der Waals surface area contributed by atoms with Crippen LogP contribution in [-0.2, 0) is 12.7 Å². The molecule has 1 aromatic heterocycles. The lowest BCUT2D eigenvalue weighted by Crippen LogP contribution is -2.44. The first-order chi connectivity index (χ1) is 20.1. The van der Waals surface area contributed by atoms with Crippen LogP contribution in [-0.4, -0.2) is 55.1 Å². The number of carbonyl (C=O) groups excluding carboxylic acids is 1. The van der Waals surface area contributed by atoms with Crippen LogP contribution in [0.4, 0.5) is 28.9 Å². The summed E-state index contributed by atoms with van der Waals surface area (Å²) in [4.78, 5) is 31.1. The highest BCUT2D eigenvalue weighted by Gasteiger charge is 2.36. The third-order valence-electron chi connectivity index (χ3n) is 8.11. The van der Waals surface area contributed by atoms with Crippen LogP contribution in [0.3, 0.4) is 0 Å². The summed E-state index contributed by atoms with van der Waals surface area (Å²) >= 11 is 0. The number of carbonyl (C=O) groups is 1. The molecule has 2 aromatic carbocycles. The van der Waals surface area contributed by atoms with Gasteiger partial charge in [0, 0.05) is 56.6 Å². The third-order valence-corrected chi connectivity index (χ3v) is 8.11. The highest BCUT2D eigenvalue weighted by atomic mass is 19.4. The maximum absolute atomic E-state index is 15.4. The normalized spacial score (nSPS) is 16.9. The maximum Gasteiger partial charge on any atom is 0.417 e. The van der Waals surface area contributed by atoms with E-state index in [0.29, 0.717) is 48.6 Å². The molecule has 0 atom stereocenters. The number of aromatic amines is 1. The van der Waals surface area contributed by atoms with Gasteiger partial charge in [0.15, 0.2) is 0 Å². The van der Waals surface area contributed by atoms with Gasteiger partial charge in [0.1, 0.15) is 5.82 Å². The summed E-state index contributed by atoms with van der Waals surface area (Å²) in [5, 5.41) is 6.13. The maximum atomic E-state index is 15.4. The second-order valence-corrected chi connectivity index (χ2v) is 11.1. The first kappa shape index (κ1) is 29.8. The van der Waals surface area contributed by atoms with Crippen molar-refractivity contribution in [2.75, 3.05) is 43.4 Å². The molecule has 0 spiro atoms. The van der Waals surface area contributed by atoms with Gasteiger partial charge in [0.05, 0.1) is 22.5 Å². The van der Waals surface area contributed by atoms with E-state index in [1.165, 1.54) is 25.3 Å². The monoisotopic (exact) mass is 585 g/mol. The Morgan fingerprint density at radius 3 is 2.43 bits per heavy atom. The van der Waals surface area contributed by atoms with Crippen molar-refractivity contribution in [3.63, 3.8) is 0 Å². The molecule has 0 unspecified atom stereocenters. The van der Waals surface area contributed by atoms with Crippen LogP contribution in [0, 0.1) is 5.82 Å². The van der Waals surface area contributed by atoms with Crippen LogP contribution in [0.15, 0.2) is 53.5 Å². The minimum atomic E-state index is -4.90. The van der Waals surface area contributed by atoms with Crippen LogP contribution >= 0.6 is 0 Å². The molecule has 0 radical (unpaired) electrons. The smallest absolute Gasteiger partial charge is 0.367 e. The summed E-state index contributed by atoms with van der Waals surface area (Å²) in [6.45, 7) is 3.37. The fourth-order valence-electron chi connectivity index (χ4n) is 5.68. The van der Waals surface area contributed by atoms with Gasteiger partial charge in [-0.15, -0.1) is 0 Å². The zero-order chi connectivity index (χ0) is 29.9. The van der Waals surface area contributed by atoms with E-state index in [2.05, 4.69) is 20.5 Å². The first-order valence-corrected chi connectivity index (χ1v) is 14.3. The van der Waals surface area contributed by atoms with E-state index in [-0.39, 0.29) is 5.69 Å². The molecule has 2 aliphatic rings. The molecule has 2 fully saturated rings. The summed E-state index contributed by atoms with van der Waals surface area (Å²) < 4.78 is 56.4. The zero-order valence-corrected chi connectivity index (χ0v) is 23.5. The number of hydrogen-bond acceptors (Lipinski definition) is 5. The first-order valence-electron chi connectivity index (χ1n) is 14.3. The molecule has 1 saturated carbocycles. The Labute approximate surface area is 241 Å². The Hall–Kier alpha value is -3.70. The van der Waals surface area contributed by atoms with Gasteiger partial charge in [0.2, 0.25) is 5.56 Å². The Balaban J connectivity index is 1.44. The van der Waals surface area contributed by atoms with E-state index >= 15 is 4.39 Å². The number of halogens is 4. The van der Waals surface area contributed by atoms with Crippen LogP contribution in [0.1, 0.15) is 53.6 Å². The number of piperazine rings is 1. The van der Waals surface area contributed by atoms with Crippen molar-refractivity contribution in [3.05, 3.63) is 81.5 Å². The van der Waals surface area contributed by atoms with Gasteiger partial charge in [-0.2, -0.15) is 13.2 Å². The Bertz CT molecular complexity index is 1470. The molecule has 224 valence electrons. The second kappa shape index (κ2) is 12.7. The number of hydrogen-bond donors (Lipinski definition) is 3. The minimum absolute atomic E-state index is 0.254. The molecule has 1 aliphatic heterocycles. The van der Waals surface area contributed by atoms with Gasteiger partial charge in [-0.1, -0.05) is 37.5 Å². The van der Waals surface area contributed by atoms with Crippen LogP contribution in [0.5, 0.6) is 0 Å². The topological polar surface area (TPSA) is 80.5 Å². The van der Waals surface area contributed by atoms with E-state index in [4.69, 9.17) is 0 Å². The van der Waals surface area contributed by atoms with Crippen LogP contribution in [0.2, 0.25) is 0 Å². The van der Waals surface area contributed by atoms with E-state index < -0.39 is 34.6 Å². The molecule has 3 aromatic rings. The summed E-state index contributed by atoms with van der Waals surface area (Å²) in [5.41, 5.74) is -0.520. The van der Waals surface area contributed by atoms with Gasteiger partial charge in [-0.3, -0.25) is 9.59 Å². The van der Waals surface area contributed by atoms with Crippen molar-refractivity contribution in [1.82, 2.24) is 15.2 Å². The van der Waals surface area contributed by atoms with E-state index in [0.717, 1.165) is 37.7 Å². The van der Waals surface area contributed by atoms with Crippen molar-refractivity contribution in [3.8, 4) is 11.1 Å². The van der Waals surface area contributed by atoms with Crippen molar-refractivity contribution >= 4 is 17.3 Å². The predicted octanol–water partition coefficient (Wildman–Crippen LogP) is 5.63. The van der Waals surface area contributed by atoms with Crippen molar-refractivity contribution < 1.29 is 22.4 Å². The van der Waals surface area contributed by atoms with Crippen molar-refractivity contribution in [2.45, 2.75) is 50.9 Å². The molecule has 1 amide bonds. The lowest BCUT2D eigenvalue weighted by atomic mass is 9.95. The van der Waals surface area contributed by atoms with E-state index in [1.54, 1.807) is 24.3 Å². The molecule has 3 N–H and O–H groups in total. The Kier molecular flexibility index (Phi) is 8.98. The Morgan fingerprint density at radius 2 is 1.74 bits per heavy atom. The zero-order valence-electron chi connectivity index (χ0n) is 23.5. The van der Waals surface area contributed by atoms with Gasteiger partial charge in [-0.25, -0.2) is 4.39 Å². The van der Waals surface area contributed by atoms with Crippen LogP contribution in [0.25, 0.3) is 11.1 Å². The predicted molar refractivity (Wildman–Crippen MR) is 155 cm³/mol. The molecule has 2 heterocycles. The molecule has 5 rings (SSSR count). The molecule has 0 bridgehead atoms. The van der Waals surface area contributed by atoms with Crippen LogP contribution < -0.4 is 21.1 Å². The van der Waals surface area contributed by atoms with Gasteiger partial charge >= 0.3 is 6.18 Å². The number of nitrogens with one attached hydrogen (secondary N) is 3. The lowest BCUT2D eigenvalue weighted by molar-refractivity contribution is -0.138. The summed E-state index contributed by atoms with van der Waals surface area (Å²) in [6, 6.07) is 10.9. The Morgan fingerprint density at radius 1 is 1.00 bits per heavy atom. The largest absolute Gasteiger partial charge is 0.417 e. The fraction of sp³-hybridized carbons (Fsp3) is 0.419. The number of likely N-dealkylation sites (N-methyl/N-ethyl adjacent to an activating group) is 1. The highest BCUT2D eigenvalue weighted by Crippen LogP contribution is 2.35. The molecular weight excluding hydrogens is 550 g/mol. The molecule has 42 heavy (non-hydrogen) atoms. The van der Waals surface area contributed by atoms with Crippen molar-refractivity contribution in [1.29, 1.82) is 0 Å². The van der Waals surface area contributed by atoms with Crippen molar-refractivity contribution in [2.24, 2.45) is 0 Å². The highest BCUT2D eigenvalue weighted by molar-refractivity contribution is 6.07. The number of rotatable bonds is 7. The molecular formula is C31H35F4N5O2. The number of alkyl halides is 3. The SMILES string of the molecule is CN1CCN(c2ccc(-c3ccc(CNC4CCCCC4)cc3F)cc2NC(=O)c2c[nH]c(=O)cc2C(F)(F)F)CC1. The lowest BCUT2D eigenvalue weighted by Gasteiger charge is -2.35. The average Bonchev–Trinajstić information content (AvgIpc) is 2.97. The number of anilines is 2. The average molecular weight is 586 g/mol. The van der Waals surface area contributed by atoms with Gasteiger partial charge in [0.25, 0.3) is 5.91 Å². The summed E-state index contributed by atoms with van der Waals surface area (Å²) in [6.07, 6.45) is 1.77. The van der Waals surface area contributed by atoms with E-state index in [9.17, 15) is 22.8 Å². The fourth-order valence-corrected chi connectivity index (χ4v) is 5.68. The number of amides is 1. The standard InChI is InChI=1S/C31H35F4N5O2/c1-39-11-13-40(14-12-39)28-10-8-21(23-9-7-20(15-26(23)32)18-36-22-5-3-2-4-6-22)16-27(28)38-30(42)24-19-37-29(41)17-25(24)31(33,34)35/h7-10,15-17,19,22,36H,2-6,11-14,18H2,1H3,(H,37,41)(H,38,42).